The first kappa shape index (κ1) is 9.32. The first-order valence-corrected chi connectivity index (χ1v) is 4.02. The van der Waals surface area contributed by atoms with Crippen molar-refractivity contribution in [2.75, 3.05) is 6.54 Å². The van der Waals surface area contributed by atoms with E-state index in [0.717, 1.165) is 0 Å². The number of carbonyl (C=O) groups excluding carboxylic acids is 1. The first-order chi connectivity index (χ1) is 6.33. The van der Waals surface area contributed by atoms with Crippen LogP contribution in [0.5, 0.6) is 0 Å². The Labute approximate surface area is 77.8 Å². The largest absolute Gasteiger partial charge is 0.343 e. The molecule has 0 aromatic heterocycles. The molecule has 1 aliphatic heterocycles. The highest BCUT2D eigenvalue weighted by Crippen LogP contribution is 1.93. The summed E-state index contributed by atoms with van der Waals surface area (Å²) in [4.78, 5) is 10.7. The lowest BCUT2D eigenvalue weighted by molar-refractivity contribution is -0.374. The fourth-order valence-corrected chi connectivity index (χ4v) is 0.858. The highest BCUT2D eigenvalue weighted by Gasteiger charge is 2.05. The molecule has 0 radical (unpaired) electrons. The van der Waals surface area contributed by atoms with Crippen LogP contribution in [0.15, 0.2) is 37.2 Å². The lowest BCUT2D eigenvalue weighted by atomic mass is 10.3. The fraction of sp³-hybridized carbons (Fsp3) is 0.100. The molecule has 0 aromatic carbocycles. The fourth-order valence-electron chi connectivity index (χ4n) is 0.858. The summed E-state index contributed by atoms with van der Waals surface area (Å²) in [5.74, 6) is -0.159. The molecule has 1 aliphatic rings. The van der Waals surface area contributed by atoms with Crippen molar-refractivity contribution in [3.05, 3.63) is 43.6 Å². The normalized spacial score (nSPS) is 13.4. The second-order valence-corrected chi connectivity index (χ2v) is 2.45. The van der Waals surface area contributed by atoms with E-state index in [1.165, 1.54) is 6.08 Å². The topological polar surface area (TPSA) is 32.1 Å². The zero-order valence-electron chi connectivity index (χ0n) is 7.31. The number of allylic oxidation sites excluding steroid dienone is 2. The molecule has 66 valence electrons. The van der Waals surface area contributed by atoms with Gasteiger partial charge in [0.2, 0.25) is 5.91 Å². The van der Waals surface area contributed by atoms with Gasteiger partial charge in [-0.1, -0.05) is 11.2 Å². The van der Waals surface area contributed by atoms with E-state index in [4.69, 9.17) is 0 Å². The van der Waals surface area contributed by atoms with Crippen molar-refractivity contribution in [3.63, 3.8) is 0 Å². The van der Waals surface area contributed by atoms with Gasteiger partial charge in [-0.25, -0.2) is 0 Å². The van der Waals surface area contributed by atoms with Gasteiger partial charge in [0.05, 0.1) is 13.0 Å². The summed E-state index contributed by atoms with van der Waals surface area (Å²) in [5, 5.41) is 2.65. The maximum absolute atomic E-state index is 10.7. The Morgan fingerprint density at radius 3 is 2.85 bits per heavy atom. The third kappa shape index (κ3) is 3.42. The van der Waals surface area contributed by atoms with Crippen molar-refractivity contribution >= 4 is 12.1 Å². The molecule has 0 spiro atoms. The molecule has 1 amide bonds. The summed E-state index contributed by atoms with van der Waals surface area (Å²) in [6, 6.07) is 0. The Balaban J connectivity index is 2.35. The van der Waals surface area contributed by atoms with Crippen molar-refractivity contribution in [2.24, 2.45) is 0 Å². The van der Waals surface area contributed by atoms with Crippen LogP contribution in [0.25, 0.3) is 0 Å². The third-order valence-electron chi connectivity index (χ3n) is 1.50. The highest BCUT2D eigenvalue weighted by atomic mass is 16.1. The van der Waals surface area contributed by atoms with Crippen LogP contribution in [0.2, 0.25) is 0 Å². The lowest BCUT2D eigenvalue weighted by Crippen LogP contribution is -2.24. The second kappa shape index (κ2) is 4.98. The van der Waals surface area contributed by atoms with E-state index < -0.39 is 0 Å². The van der Waals surface area contributed by atoms with Gasteiger partial charge >= 0.3 is 0 Å². The smallest absolute Gasteiger partial charge is 0.272 e. The number of rotatable bonds is 3. The van der Waals surface area contributed by atoms with Gasteiger partial charge in [0.25, 0.3) is 12.4 Å². The van der Waals surface area contributed by atoms with Crippen LogP contribution in [-0.2, 0) is 4.79 Å². The van der Waals surface area contributed by atoms with Crippen LogP contribution in [0.3, 0.4) is 0 Å². The molecule has 0 atom stereocenters. The van der Waals surface area contributed by atoms with Gasteiger partial charge in [0.1, 0.15) is 12.2 Å². The maximum atomic E-state index is 10.7. The summed E-state index contributed by atoms with van der Waals surface area (Å²) < 4.78 is 1.88. The molecule has 1 heterocycles. The average Bonchev–Trinajstić information content (AvgIpc) is 2.19. The van der Waals surface area contributed by atoms with Crippen molar-refractivity contribution in [1.29, 1.82) is 0 Å². The van der Waals surface area contributed by atoms with Gasteiger partial charge in [-0.3, -0.25) is 4.79 Å². The Morgan fingerprint density at radius 1 is 1.54 bits per heavy atom. The molecule has 0 fully saturated rings. The number of nitrogens with one attached hydrogen (secondary N) is 1. The summed E-state index contributed by atoms with van der Waals surface area (Å²) in [7, 11) is 0. The Bertz CT molecular complexity index is 273. The van der Waals surface area contributed by atoms with Crippen molar-refractivity contribution in [3.8, 4) is 0 Å². The number of hydrogen-bond donors (Lipinski definition) is 1. The zero-order valence-corrected chi connectivity index (χ0v) is 7.31. The van der Waals surface area contributed by atoms with E-state index in [1.54, 1.807) is 0 Å². The number of nitrogens with zero attached hydrogens (tertiary/aromatic N) is 1. The number of hydrogen-bond acceptors (Lipinski definition) is 1. The minimum atomic E-state index is -0.159. The van der Waals surface area contributed by atoms with Crippen LogP contribution in [0, 0.1) is 6.42 Å². The summed E-state index contributed by atoms with van der Waals surface area (Å²) in [6.07, 6.45) is 12.7. The van der Waals surface area contributed by atoms with E-state index in [9.17, 15) is 4.79 Å². The quantitative estimate of drug-likeness (QED) is 0.381. The molecule has 3 nitrogen and oxygen atoms in total. The van der Waals surface area contributed by atoms with E-state index in [0.29, 0.717) is 6.54 Å². The number of amides is 1. The van der Waals surface area contributed by atoms with Gasteiger partial charge in [0.15, 0.2) is 6.21 Å². The molecule has 0 bridgehead atoms. The summed E-state index contributed by atoms with van der Waals surface area (Å²) in [6.45, 7) is 3.85. The molecular formula is C10H12N2O+2. The molecule has 0 saturated heterocycles. The predicted octanol–water partition coefficient (Wildman–Crippen LogP) is 0.617. The molecule has 1 N–H and O–H groups in total. The SMILES string of the molecule is C=CC(=O)NCC=[N+]1C=C[CH+]C=C1. The Hall–Kier alpha value is -1.77. The van der Waals surface area contributed by atoms with Crippen molar-refractivity contribution in [1.82, 2.24) is 5.32 Å². The Kier molecular flexibility index (Phi) is 3.57. The van der Waals surface area contributed by atoms with E-state index in [2.05, 4.69) is 11.9 Å². The van der Waals surface area contributed by atoms with Crippen molar-refractivity contribution in [2.45, 2.75) is 0 Å². The van der Waals surface area contributed by atoms with Gasteiger partial charge in [-0.2, -0.15) is 0 Å². The molecule has 13 heavy (non-hydrogen) atoms. The molecule has 0 aromatic rings. The van der Waals surface area contributed by atoms with Crippen LogP contribution < -0.4 is 5.32 Å². The molecule has 3 heteroatoms. The van der Waals surface area contributed by atoms with E-state index in [-0.39, 0.29) is 5.91 Å². The molecule has 0 unspecified atom stereocenters. The standard InChI is InChI=1S/C10H11N2O/c1-2-10(13)11-6-9-12-7-4-3-5-8-12/h2-5,7-9H,1,6H2/q+1/p+1. The minimum absolute atomic E-state index is 0.159. The lowest BCUT2D eigenvalue weighted by Gasteiger charge is -1.92. The van der Waals surface area contributed by atoms with Crippen LogP contribution in [-0.4, -0.2) is 23.2 Å². The molecule has 0 saturated carbocycles. The predicted molar refractivity (Wildman–Crippen MR) is 52.1 cm³/mol. The maximum Gasteiger partial charge on any atom is 0.272 e. The first-order valence-electron chi connectivity index (χ1n) is 4.02. The monoisotopic (exact) mass is 176 g/mol. The van der Waals surface area contributed by atoms with E-state index >= 15 is 0 Å². The average molecular weight is 176 g/mol. The minimum Gasteiger partial charge on any atom is -0.343 e. The van der Waals surface area contributed by atoms with Crippen molar-refractivity contribution < 1.29 is 9.37 Å². The summed E-state index contributed by atoms with van der Waals surface area (Å²) >= 11 is 0. The van der Waals surface area contributed by atoms with Gasteiger partial charge in [-0.15, -0.1) is 0 Å². The van der Waals surface area contributed by atoms with Crippen LogP contribution >= 0.6 is 0 Å². The van der Waals surface area contributed by atoms with Gasteiger partial charge < -0.3 is 5.32 Å². The van der Waals surface area contributed by atoms with Gasteiger partial charge in [0, 0.05) is 0 Å². The van der Waals surface area contributed by atoms with Crippen LogP contribution in [0.4, 0.5) is 0 Å². The highest BCUT2D eigenvalue weighted by molar-refractivity contribution is 5.88. The number of carbonyl (C=O) groups is 1. The zero-order chi connectivity index (χ0) is 9.52. The molecular weight excluding hydrogens is 164 g/mol. The second-order valence-electron chi connectivity index (χ2n) is 2.45. The molecule has 0 aliphatic carbocycles. The third-order valence-corrected chi connectivity index (χ3v) is 1.50. The summed E-state index contributed by atoms with van der Waals surface area (Å²) in [5.41, 5.74) is 0. The Morgan fingerprint density at radius 2 is 2.23 bits per heavy atom. The van der Waals surface area contributed by atoms with Crippen LogP contribution in [0.1, 0.15) is 0 Å². The van der Waals surface area contributed by atoms with Gasteiger partial charge in [-0.05, 0) is 6.08 Å². The van der Waals surface area contributed by atoms with E-state index in [1.807, 2.05) is 41.8 Å². The molecule has 1 rings (SSSR count).